The summed E-state index contributed by atoms with van der Waals surface area (Å²) < 4.78 is 0. The molecule has 3 heterocycles. The molecular formula is C20H23N5O2. The second-order valence-electron chi connectivity index (χ2n) is 6.83. The van der Waals surface area contributed by atoms with Gasteiger partial charge >= 0.3 is 0 Å². The van der Waals surface area contributed by atoms with Crippen LogP contribution in [0.5, 0.6) is 0 Å². The van der Waals surface area contributed by atoms with Crippen LogP contribution in [-0.4, -0.2) is 58.9 Å². The third-order valence-corrected chi connectivity index (χ3v) is 5.26. The zero-order valence-corrected chi connectivity index (χ0v) is 15.4. The molecule has 7 nitrogen and oxygen atoms in total. The van der Waals surface area contributed by atoms with Gasteiger partial charge in [0.25, 0.3) is 0 Å². The van der Waals surface area contributed by atoms with Gasteiger partial charge in [-0.1, -0.05) is 25.1 Å². The molecule has 2 aliphatic heterocycles. The molecule has 0 N–H and O–H groups in total. The van der Waals surface area contributed by atoms with Gasteiger partial charge in [-0.05, 0) is 17.7 Å². The Bertz CT molecular complexity index is 833. The first-order valence-electron chi connectivity index (χ1n) is 9.39. The summed E-state index contributed by atoms with van der Waals surface area (Å²) >= 11 is 0. The molecule has 0 unspecified atom stereocenters. The fraction of sp³-hybridized carbons (Fsp3) is 0.400. The number of anilines is 2. The largest absolute Gasteiger partial charge is 0.337 e. The van der Waals surface area contributed by atoms with Crippen LogP contribution in [0, 0.1) is 0 Å². The lowest BCUT2D eigenvalue weighted by Crippen LogP contribution is -2.55. The first-order valence-corrected chi connectivity index (χ1v) is 9.39. The summed E-state index contributed by atoms with van der Waals surface area (Å²) in [5.74, 6) is 0.719. The molecular weight excluding hydrogens is 342 g/mol. The van der Waals surface area contributed by atoms with E-state index in [1.165, 1.54) is 0 Å². The maximum atomic E-state index is 13.2. The van der Waals surface area contributed by atoms with Crippen molar-refractivity contribution in [1.29, 1.82) is 0 Å². The van der Waals surface area contributed by atoms with Crippen LogP contribution in [0.15, 0.2) is 42.7 Å². The number of piperazine rings is 1. The van der Waals surface area contributed by atoms with Gasteiger partial charge in [0.05, 0.1) is 0 Å². The van der Waals surface area contributed by atoms with Crippen molar-refractivity contribution in [3.05, 3.63) is 48.3 Å². The van der Waals surface area contributed by atoms with Crippen LogP contribution in [-0.2, 0) is 16.0 Å². The Morgan fingerprint density at radius 3 is 2.44 bits per heavy atom. The Hall–Kier alpha value is -2.96. The molecule has 0 saturated carbocycles. The molecule has 0 spiro atoms. The van der Waals surface area contributed by atoms with Crippen LogP contribution >= 0.6 is 0 Å². The average molecular weight is 365 g/mol. The van der Waals surface area contributed by atoms with Gasteiger partial charge in [-0.25, -0.2) is 9.97 Å². The molecule has 0 bridgehead atoms. The highest BCUT2D eigenvalue weighted by molar-refractivity contribution is 6.03. The van der Waals surface area contributed by atoms with E-state index in [4.69, 9.17) is 0 Å². The number of aromatic nitrogens is 2. The number of hydrogen-bond acceptors (Lipinski definition) is 5. The van der Waals surface area contributed by atoms with E-state index in [2.05, 4.69) is 14.9 Å². The normalized spacial score (nSPS) is 19.1. The summed E-state index contributed by atoms with van der Waals surface area (Å²) in [7, 11) is 0. The summed E-state index contributed by atoms with van der Waals surface area (Å²) in [5, 5.41) is 0. The fourth-order valence-electron chi connectivity index (χ4n) is 3.85. The van der Waals surface area contributed by atoms with Crippen molar-refractivity contribution in [3.8, 4) is 0 Å². The lowest BCUT2D eigenvalue weighted by molar-refractivity contribution is -0.134. The van der Waals surface area contributed by atoms with Crippen molar-refractivity contribution in [1.82, 2.24) is 14.9 Å². The van der Waals surface area contributed by atoms with Crippen LogP contribution < -0.4 is 9.80 Å². The monoisotopic (exact) mass is 365 g/mol. The molecule has 2 amide bonds. The number of para-hydroxylation sites is 1. The number of nitrogens with zero attached hydrogens (tertiary/aromatic N) is 5. The second kappa shape index (κ2) is 7.34. The van der Waals surface area contributed by atoms with Gasteiger partial charge in [0, 0.05) is 57.1 Å². The maximum Gasteiger partial charge on any atom is 0.246 e. The first kappa shape index (κ1) is 17.5. The average Bonchev–Trinajstić information content (AvgIpc) is 3.13. The van der Waals surface area contributed by atoms with E-state index < -0.39 is 6.04 Å². The van der Waals surface area contributed by atoms with Gasteiger partial charge in [0.15, 0.2) is 0 Å². The highest BCUT2D eigenvalue weighted by Gasteiger charge is 2.40. The smallest absolute Gasteiger partial charge is 0.246 e. The van der Waals surface area contributed by atoms with Gasteiger partial charge in [-0.2, -0.15) is 0 Å². The molecule has 1 saturated heterocycles. The molecule has 1 aromatic heterocycles. The highest BCUT2D eigenvalue weighted by atomic mass is 16.2. The molecule has 0 aliphatic carbocycles. The van der Waals surface area contributed by atoms with E-state index in [0.717, 1.165) is 11.3 Å². The third kappa shape index (κ3) is 3.25. The molecule has 140 valence electrons. The predicted octanol–water partition coefficient (Wildman–Crippen LogP) is 1.49. The van der Waals surface area contributed by atoms with E-state index in [1.54, 1.807) is 23.4 Å². The van der Waals surface area contributed by atoms with E-state index in [-0.39, 0.29) is 11.8 Å². The molecule has 0 radical (unpaired) electrons. The van der Waals surface area contributed by atoms with Crippen molar-refractivity contribution in [2.75, 3.05) is 36.0 Å². The number of fused-ring (bicyclic) bond motifs is 1. The minimum absolute atomic E-state index is 0.00498. The van der Waals surface area contributed by atoms with Crippen molar-refractivity contribution >= 4 is 23.5 Å². The van der Waals surface area contributed by atoms with Crippen LogP contribution in [0.2, 0.25) is 0 Å². The van der Waals surface area contributed by atoms with Gasteiger partial charge in [-0.3, -0.25) is 14.5 Å². The Kier molecular flexibility index (Phi) is 4.75. The first-order chi connectivity index (χ1) is 13.2. The standard InChI is InChI=1S/C20H23N5O2/c1-2-18(26)25-16-7-4-3-6-15(16)14-17(25)19(27)23-10-12-24(13-11-23)20-21-8-5-9-22-20/h3-9,17H,2,10-14H2,1H3/t17-/m0/s1. The van der Waals surface area contributed by atoms with Crippen molar-refractivity contribution in [2.24, 2.45) is 0 Å². The lowest BCUT2D eigenvalue weighted by atomic mass is 10.1. The summed E-state index contributed by atoms with van der Waals surface area (Å²) in [6.07, 6.45) is 4.42. The highest BCUT2D eigenvalue weighted by Crippen LogP contribution is 2.33. The Balaban J connectivity index is 1.48. The van der Waals surface area contributed by atoms with Gasteiger partial charge in [0.2, 0.25) is 17.8 Å². The van der Waals surface area contributed by atoms with Crippen molar-refractivity contribution in [3.63, 3.8) is 0 Å². The Labute approximate surface area is 158 Å². The minimum Gasteiger partial charge on any atom is -0.337 e. The molecule has 27 heavy (non-hydrogen) atoms. The molecule has 2 aromatic rings. The Morgan fingerprint density at radius 2 is 1.74 bits per heavy atom. The predicted molar refractivity (Wildman–Crippen MR) is 103 cm³/mol. The number of amides is 2. The molecule has 4 rings (SSSR count). The van der Waals surface area contributed by atoms with E-state index in [9.17, 15) is 9.59 Å². The number of hydrogen-bond donors (Lipinski definition) is 0. The fourth-order valence-corrected chi connectivity index (χ4v) is 3.85. The molecule has 2 aliphatic rings. The number of carbonyl (C=O) groups is 2. The quantitative estimate of drug-likeness (QED) is 0.824. The SMILES string of the molecule is CCC(=O)N1c2ccccc2C[C@H]1C(=O)N1CCN(c2ncccn2)CC1. The molecule has 1 aromatic carbocycles. The van der Waals surface area contributed by atoms with Gasteiger partial charge in [0.1, 0.15) is 6.04 Å². The summed E-state index contributed by atoms with van der Waals surface area (Å²) in [5.41, 5.74) is 1.94. The number of rotatable bonds is 3. The molecule has 1 fully saturated rings. The summed E-state index contributed by atoms with van der Waals surface area (Å²) in [6, 6.07) is 9.17. The van der Waals surface area contributed by atoms with E-state index >= 15 is 0 Å². The van der Waals surface area contributed by atoms with Crippen molar-refractivity contribution < 1.29 is 9.59 Å². The topological polar surface area (TPSA) is 69.6 Å². The van der Waals surface area contributed by atoms with E-state index in [0.29, 0.717) is 45.0 Å². The summed E-state index contributed by atoms with van der Waals surface area (Å²) in [4.78, 5) is 40.0. The number of carbonyl (C=O) groups excluding carboxylic acids is 2. The lowest BCUT2D eigenvalue weighted by Gasteiger charge is -2.37. The van der Waals surface area contributed by atoms with Crippen LogP contribution in [0.4, 0.5) is 11.6 Å². The number of benzene rings is 1. The van der Waals surface area contributed by atoms with Crippen LogP contribution in [0.3, 0.4) is 0 Å². The minimum atomic E-state index is -0.436. The third-order valence-electron chi connectivity index (χ3n) is 5.26. The molecule has 7 heteroatoms. The molecule has 1 atom stereocenters. The zero-order valence-electron chi connectivity index (χ0n) is 15.4. The van der Waals surface area contributed by atoms with Crippen LogP contribution in [0.25, 0.3) is 0 Å². The zero-order chi connectivity index (χ0) is 18.8. The second-order valence-corrected chi connectivity index (χ2v) is 6.83. The van der Waals surface area contributed by atoms with Crippen LogP contribution in [0.1, 0.15) is 18.9 Å². The Morgan fingerprint density at radius 1 is 1.04 bits per heavy atom. The van der Waals surface area contributed by atoms with Gasteiger partial charge in [-0.15, -0.1) is 0 Å². The van der Waals surface area contributed by atoms with E-state index in [1.807, 2.05) is 36.1 Å². The van der Waals surface area contributed by atoms with Crippen molar-refractivity contribution in [2.45, 2.75) is 25.8 Å². The maximum absolute atomic E-state index is 13.2. The van der Waals surface area contributed by atoms with Gasteiger partial charge < -0.3 is 9.80 Å². The summed E-state index contributed by atoms with van der Waals surface area (Å²) in [6.45, 7) is 4.44.